The first kappa shape index (κ1) is 13.6. The molecule has 0 saturated heterocycles. The van der Waals surface area contributed by atoms with E-state index in [9.17, 15) is 9.18 Å². The molecule has 17 heavy (non-hydrogen) atoms. The summed E-state index contributed by atoms with van der Waals surface area (Å²) in [5.74, 6) is -0.677. The van der Waals surface area contributed by atoms with Crippen LogP contribution in [-0.4, -0.2) is 11.9 Å². The van der Waals surface area contributed by atoms with Gasteiger partial charge in [-0.25, -0.2) is 4.39 Å². The molecule has 1 aromatic rings. The Hall–Kier alpha value is -1.42. The van der Waals surface area contributed by atoms with E-state index >= 15 is 0 Å². The standard InChI is InChI=1S/C13H19FN2O/c1-4-8(2)12(15)13(17)16-10-7-5-6-9(3)11(10)14/h5-8,12H,4,15H2,1-3H3,(H,16,17)/t8?,12-/m0/s1. The highest BCUT2D eigenvalue weighted by molar-refractivity contribution is 5.95. The predicted molar refractivity (Wildman–Crippen MR) is 67.2 cm³/mol. The number of nitrogens with two attached hydrogens (primary N) is 1. The van der Waals surface area contributed by atoms with Crippen LogP contribution in [-0.2, 0) is 4.79 Å². The summed E-state index contributed by atoms with van der Waals surface area (Å²) in [6, 6.07) is 4.27. The van der Waals surface area contributed by atoms with Crippen molar-refractivity contribution in [3.8, 4) is 0 Å². The van der Waals surface area contributed by atoms with E-state index < -0.39 is 11.9 Å². The number of rotatable bonds is 4. The molecule has 2 atom stereocenters. The van der Waals surface area contributed by atoms with Gasteiger partial charge in [0.2, 0.25) is 5.91 Å². The van der Waals surface area contributed by atoms with Crippen molar-refractivity contribution in [1.82, 2.24) is 0 Å². The summed E-state index contributed by atoms with van der Waals surface area (Å²) in [7, 11) is 0. The second-order valence-electron chi connectivity index (χ2n) is 4.34. The molecule has 1 rings (SSSR count). The third-order valence-electron chi connectivity index (χ3n) is 3.01. The summed E-state index contributed by atoms with van der Waals surface area (Å²) in [5, 5.41) is 2.53. The quantitative estimate of drug-likeness (QED) is 0.846. The molecule has 0 aliphatic heterocycles. The van der Waals surface area contributed by atoms with Gasteiger partial charge >= 0.3 is 0 Å². The van der Waals surface area contributed by atoms with Crippen LogP contribution in [0.25, 0.3) is 0 Å². The predicted octanol–water partition coefficient (Wildman–Crippen LogP) is 2.45. The van der Waals surface area contributed by atoms with E-state index in [1.165, 1.54) is 6.07 Å². The molecule has 1 unspecified atom stereocenters. The largest absolute Gasteiger partial charge is 0.322 e. The Morgan fingerprint density at radius 1 is 1.53 bits per heavy atom. The highest BCUT2D eigenvalue weighted by Crippen LogP contribution is 2.18. The third kappa shape index (κ3) is 3.27. The smallest absolute Gasteiger partial charge is 0.241 e. The van der Waals surface area contributed by atoms with Crippen LogP contribution in [0.4, 0.5) is 10.1 Å². The Balaban J connectivity index is 2.78. The number of carbonyl (C=O) groups excluding carboxylic acids is 1. The summed E-state index contributed by atoms with van der Waals surface area (Å²) < 4.78 is 13.7. The van der Waals surface area contributed by atoms with Gasteiger partial charge in [0.05, 0.1) is 11.7 Å². The van der Waals surface area contributed by atoms with Crippen LogP contribution in [0, 0.1) is 18.7 Å². The summed E-state index contributed by atoms with van der Waals surface area (Å²) in [6.07, 6.45) is 0.810. The molecule has 3 N–H and O–H groups in total. The van der Waals surface area contributed by atoms with E-state index in [1.807, 2.05) is 13.8 Å². The number of hydrogen-bond donors (Lipinski definition) is 2. The Kier molecular flexibility index (Phi) is 4.63. The van der Waals surface area contributed by atoms with Crippen LogP contribution in [0.1, 0.15) is 25.8 Å². The van der Waals surface area contributed by atoms with Crippen LogP contribution < -0.4 is 11.1 Å². The fourth-order valence-corrected chi connectivity index (χ4v) is 1.47. The zero-order chi connectivity index (χ0) is 13.0. The minimum Gasteiger partial charge on any atom is -0.322 e. The number of amides is 1. The summed E-state index contributed by atoms with van der Waals surface area (Å²) in [6.45, 7) is 5.52. The number of halogens is 1. The number of aryl methyl sites for hydroxylation is 1. The summed E-state index contributed by atoms with van der Waals surface area (Å²) in [4.78, 5) is 11.8. The minimum atomic E-state index is -0.611. The number of carbonyl (C=O) groups is 1. The van der Waals surface area contributed by atoms with Crippen molar-refractivity contribution in [1.29, 1.82) is 0 Å². The molecule has 0 heterocycles. The maximum absolute atomic E-state index is 13.7. The van der Waals surface area contributed by atoms with E-state index in [2.05, 4.69) is 5.32 Å². The lowest BCUT2D eigenvalue weighted by Crippen LogP contribution is -2.40. The Morgan fingerprint density at radius 2 is 2.18 bits per heavy atom. The SMILES string of the molecule is CCC(C)[C@H](N)C(=O)Nc1cccc(C)c1F. The first-order chi connectivity index (χ1) is 7.97. The molecule has 0 radical (unpaired) electrons. The van der Waals surface area contributed by atoms with Crippen molar-refractivity contribution < 1.29 is 9.18 Å². The average molecular weight is 238 g/mol. The van der Waals surface area contributed by atoms with Crippen molar-refractivity contribution >= 4 is 11.6 Å². The molecule has 94 valence electrons. The maximum atomic E-state index is 13.7. The molecule has 0 fully saturated rings. The molecular formula is C13H19FN2O. The average Bonchev–Trinajstić information content (AvgIpc) is 2.32. The molecule has 0 aliphatic rings. The number of anilines is 1. The van der Waals surface area contributed by atoms with Crippen LogP contribution in [0.15, 0.2) is 18.2 Å². The van der Waals surface area contributed by atoms with Crippen LogP contribution >= 0.6 is 0 Å². The molecule has 0 aromatic heterocycles. The molecule has 0 aliphatic carbocycles. The fourth-order valence-electron chi connectivity index (χ4n) is 1.47. The number of nitrogens with one attached hydrogen (secondary N) is 1. The Morgan fingerprint density at radius 3 is 2.76 bits per heavy atom. The first-order valence-corrected chi connectivity index (χ1v) is 5.79. The van der Waals surface area contributed by atoms with Crippen LogP contribution in [0.3, 0.4) is 0 Å². The van der Waals surface area contributed by atoms with Crippen molar-refractivity contribution in [3.63, 3.8) is 0 Å². The Bertz CT molecular complexity index is 406. The fraction of sp³-hybridized carbons (Fsp3) is 0.462. The van der Waals surface area contributed by atoms with Crippen LogP contribution in [0.2, 0.25) is 0 Å². The first-order valence-electron chi connectivity index (χ1n) is 5.79. The van der Waals surface area contributed by atoms with Crippen molar-refractivity contribution in [2.24, 2.45) is 11.7 Å². The molecule has 1 amide bonds. The normalized spacial score (nSPS) is 14.2. The maximum Gasteiger partial charge on any atom is 0.241 e. The number of hydrogen-bond acceptors (Lipinski definition) is 2. The van der Waals surface area contributed by atoms with Crippen LogP contribution in [0.5, 0.6) is 0 Å². The Labute approximate surface area is 101 Å². The topological polar surface area (TPSA) is 55.1 Å². The van der Waals surface area contributed by atoms with Gasteiger partial charge in [0.15, 0.2) is 0 Å². The lowest BCUT2D eigenvalue weighted by atomic mass is 9.99. The van der Waals surface area contributed by atoms with Gasteiger partial charge in [0, 0.05) is 0 Å². The van der Waals surface area contributed by atoms with Gasteiger partial charge in [-0.2, -0.15) is 0 Å². The second kappa shape index (κ2) is 5.77. The molecule has 0 spiro atoms. The summed E-state index contributed by atoms with van der Waals surface area (Å²) in [5.41, 5.74) is 6.46. The second-order valence-corrected chi connectivity index (χ2v) is 4.34. The van der Waals surface area contributed by atoms with E-state index in [0.29, 0.717) is 5.56 Å². The van der Waals surface area contributed by atoms with Gasteiger partial charge < -0.3 is 11.1 Å². The monoisotopic (exact) mass is 238 g/mol. The van der Waals surface area contributed by atoms with Crippen molar-refractivity contribution in [2.45, 2.75) is 33.2 Å². The van der Waals surface area contributed by atoms with Crippen molar-refractivity contribution in [2.75, 3.05) is 5.32 Å². The van der Waals surface area contributed by atoms with Gasteiger partial charge in [-0.15, -0.1) is 0 Å². The molecule has 0 saturated carbocycles. The van der Waals surface area contributed by atoms with Crippen molar-refractivity contribution in [3.05, 3.63) is 29.6 Å². The highest BCUT2D eigenvalue weighted by atomic mass is 19.1. The lowest BCUT2D eigenvalue weighted by Gasteiger charge is -2.18. The molecule has 4 heteroatoms. The van der Waals surface area contributed by atoms with E-state index in [-0.39, 0.29) is 17.5 Å². The van der Waals surface area contributed by atoms with E-state index in [4.69, 9.17) is 5.73 Å². The lowest BCUT2D eigenvalue weighted by molar-refractivity contribution is -0.118. The molecule has 3 nitrogen and oxygen atoms in total. The minimum absolute atomic E-state index is 0.0721. The van der Waals surface area contributed by atoms with Gasteiger partial charge in [0.1, 0.15) is 5.82 Å². The van der Waals surface area contributed by atoms with Gasteiger partial charge in [-0.1, -0.05) is 32.4 Å². The summed E-state index contributed by atoms with van der Waals surface area (Å²) >= 11 is 0. The number of benzene rings is 1. The highest BCUT2D eigenvalue weighted by Gasteiger charge is 2.20. The molecule has 0 bridgehead atoms. The zero-order valence-electron chi connectivity index (χ0n) is 10.5. The third-order valence-corrected chi connectivity index (χ3v) is 3.01. The molecular weight excluding hydrogens is 219 g/mol. The zero-order valence-corrected chi connectivity index (χ0v) is 10.5. The van der Waals surface area contributed by atoms with Gasteiger partial charge in [-0.3, -0.25) is 4.79 Å². The van der Waals surface area contributed by atoms with E-state index in [1.54, 1.807) is 19.1 Å². The van der Waals surface area contributed by atoms with Gasteiger partial charge in [-0.05, 0) is 24.5 Å². The van der Waals surface area contributed by atoms with E-state index in [0.717, 1.165) is 6.42 Å². The molecule has 1 aromatic carbocycles. The van der Waals surface area contributed by atoms with Gasteiger partial charge in [0.25, 0.3) is 0 Å².